The van der Waals surface area contributed by atoms with E-state index in [-0.39, 0.29) is 17.1 Å². The van der Waals surface area contributed by atoms with E-state index < -0.39 is 10.0 Å². The summed E-state index contributed by atoms with van der Waals surface area (Å²) in [4.78, 5) is 12.2. The summed E-state index contributed by atoms with van der Waals surface area (Å²) in [5.74, 6) is 1.03. The number of hydrogen-bond acceptors (Lipinski definition) is 5. The molecule has 28 heavy (non-hydrogen) atoms. The van der Waals surface area contributed by atoms with E-state index in [0.29, 0.717) is 28.1 Å². The van der Waals surface area contributed by atoms with Gasteiger partial charge in [-0.2, -0.15) is 4.31 Å². The van der Waals surface area contributed by atoms with Gasteiger partial charge in [0.15, 0.2) is 11.5 Å². The zero-order valence-corrected chi connectivity index (χ0v) is 17.3. The van der Waals surface area contributed by atoms with E-state index in [2.05, 4.69) is 0 Å². The summed E-state index contributed by atoms with van der Waals surface area (Å²) >= 11 is 0. The topological polar surface area (TPSA) is 82.8 Å². The number of hydrogen-bond donors (Lipinski definition) is 0. The van der Waals surface area contributed by atoms with Crippen LogP contribution in [0.25, 0.3) is 11.0 Å². The molecule has 0 atom stereocenters. The summed E-state index contributed by atoms with van der Waals surface area (Å²) in [5, 5.41) is 0. The average molecular weight is 405 g/mol. The quantitative estimate of drug-likeness (QED) is 0.624. The van der Waals surface area contributed by atoms with Crippen molar-refractivity contribution in [1.29, 1.82) is 0 Å². The predicted octanol–water partition coefficient (Wildman–Crippen LogP) is 1.71. The molecule has 0 saturated carbocycles. The first kappa shape index (κ1) is 20.0. The number of nitrogens with zero attached hydrogens (tertiary/aromatic N) is 3. The number of ether oxygens (including phenoxy) is 2. The zero-order valence-electron chi connectivity index (χ0n) is 16.5. The molecule has 2 aromatic carbocycles. The van der Waals surface area contributed by atoms with Gasteiger partial charge in [-0.3, -0.25) is 9.13 Å². The normalized spacial score (nSPS) is 11.9. The number of para-hydroxylation sites is 1. The highest BCUT2D eigenvalue weighted by Crippen LogP contribution is 2.32. The van der Waals surface area contributed by atoms with Crippen molar-refractivity contribution in [2.75, 3.05) is 21.3 Å². The van der Waals surface area contributed by atoms with Crippen LogP contribution >= 0.6 is 0 Å². The minimum atomic E-state index is -3.78. The minimum absolute atomic E-state index is 0.106. The lowest BCUT2D eigenvalue weighted by molar-refractivity contribution is 0.347. The van der Waals surface area contributed by atoms with Crippen LogP contribution in [0.2, 0.25) is 0 Å². The van der Waals surface area contributed by atoms with Gasteiger partial charge in [0.25, 0.3) is 0 Å². The van der Waals surface area contributed by atoms with E-state index >= 15 is 0 Å². The summed E-state index contributed by atoms with van der Waals surface area (Å²) in [6.07, 6.45) is 0. The van der Waals surface area contributed by atoms with Crippen LogP contribution in [0.1, 0.15) is 5.56 Å². The van der Waals surface area contributed by atoms with Gasteiger partial charge in [-0.15, -0.1) is 0 Å². The zero-order chi connectivity index (χ0) is 20.6. The number of rotatable bonds is 6. The molecule has 0 radical (unpaired) electrons. The first-order chi connectivity index (χ1) is 13.2. The fourth-order valence-corrected chi connectivity index (χ4v) is 4.40. The molecular weight excluding hydrogens is 382 g/mol. The van der Waals surface area contributed by atoms with Gasteiger partial charge >= 0.3 is 5.69 Å². The molecule has 0 N–H and O–H groups in total. The number of methoxy groups -OCH3 is 2. The van der Waals surface area contributed by atoms with Crippen molar-refractivity contribution in [2.24, 2.45) is 14.1 Å². The van der Waals surface area contributed by atoms with Crippen LogP contribution in [0, 0.1) is 0 Å². The SMILES string of the molecule is COc1cccc(CN(C)S(=O)(=O)c2ccc3c(c2)n(C)c(=O)n3C)c1OC. The highest BCUT2D eigenvalue weighted by molar-refractivity contribution is 7.89. The molecule has 0 fully saturated rings. The molecule has 0 saturated heterocycles. The second-order valence-corrected chi connectivity index (χ2v) is 8.51. The third kappa shape index (κ3) is 3.16. The van der Waals surface area contributed by atoms with Crippen LogP contribution in [0.15, 0.2) is 46.1 Å². The van der Waals surface area contributed by atoms with Crippen LogP contribution in [0.3, 0.4) is 0 Å². The van der Waals surface area contributed by atoms with Crippen LogP contribution < -0.4 is 15.2 Å². The number of aryl methyl sites for hydroxylation is 2. The van der Waals surface area contributed by atoms with Crippen molar-refractivity contribution in [3.63, 3.8) is 0 Å². The van der Waals surface area contributed by atoms with Crippen LogP contribution in [-0.2, 0) is 30.7 Å². The molecule has 0 spiro atoms. The summed E-state index contributed by atoms with van der Waals surface area (Å²) in [7, 11) is 4.03. The number of imidazole rings is 1. The molecule has 1 heterocycles. The summed E-state index contributed by atoms with van der Waals surface area (Å²) in [6, 6.07) is 9.99. The van der Waals surface area contributed by atoms with Gasteiger partial charge in [0.05, 0.1) is 30.1 Å². The number of aromatic nitrogens is 2. The van der Waals surface area contributed by atoms with Crippen LogP contribution in [0.4, 0.5) is 0 Å². The maximum absolute atomic E-state index is 13.1. The van der Waals surface area contributed by atoms with E-state index in [0.717, 1.165) is 0 Å². The van der Waals surface area contributed by atoms with Gasteiger partial charge in [-0.05, 0) is 24.3 Å². The summed E-state index contributed by atoms with van der Waals surface area (Å²) in [5.41, 5.74) is 1.70. The van der Waals surface area contributed by atoms with Crippen LogP contribution in [0.5, 0.6) is 11.5 Å². The Kier molecular flexibility index (Phi) is 5.22. The smallest absolute Gasteiger partial charge is 0.328 e. The van der Waals surface area contributed by atoms with Crippen molar-refractivity contribution in [3.8, 4) is 11.5 Å². The third-order valence-electron chi connectivity index (χ3n) is 4.83. The third-order valence-corrected chi connectivity index (χ3v) is 6.63. The first-order valence-electron chi connectivity index (χ1n) is 8.54. The monoisotopic (exact) mass is 405 g/mol. The molecule has 3 rings (SSSR count). The van der Waals surface area contributed by atoms with E-state index in [1.165, 1.54) is 46.8 Å². The van der Waals surface area contributed by atoms with Crippen molar-refractivity contribution in [2.45, 2.75) is 11.4 Å². The maximum atomic E-state index is 13.1. The average Bonchev–Trinajstić information content (AvgIpc) is 2.91. The number of fused-ring (bicyclic) bond motifs is 1. The molecule has 1 aromatic heterocycles. The van der Waals surface area contributed by atoms with Gasteiger partial charge in [-0.1, -0.05) is 12.1 Å². The minimum Gasteiger partial charge on any atom is -0.493 e. The molecule has 0 unspecified atom stereocenters. The first-order valence-corrected chi connectivity index (χ1v) is 9.98. The van der Waals surface area contributed by atoms with Crippen molar-refractivity contribution in [3.05, 3.63) is 52.4 Å². The van der Waals surface area contributed by atoms with E-state index in [4.69, 9.17) is 9.47 Å². The highest BCUT2D eigenvalue weighted by Gasteiger charge is 2.24. The fourth-order valence-electron chi connectivity index (χ4n) is 3.23. The second-order valence-electron chi connectivity index (χ2n) is 6.46. The Labute approximate surface area is 163 Å². The van der Waals surface area contributed by atoms with E-state index in [1.807, 2.05) is 0 Å². The van der Waals surface area contributed by atoms with Gasteiger partial charge in [0, 0.05) is 33.3 Å². The Morgan fingerprint density at radius 3 is 2.32 bits per heavy atom. The van der Waals surface area contributed by atoms with E-state index in [1.54, 1.807) is 38.4 Å². The lowest BCUT2D eigenvalue weighted by Crippen LogP contribution is -2.26. The second kappa shape index (κ2) is 7.33. The molecule has 0 aliphatic rings. The van der Waals surface area contributed by atoms with Crippen LogP contribution in [-0.4, -0.2) is 43.1 Å². The number of benzene rings is 2. The molecule has 0 amide bonds. The summed E-state index contributed by atoms with van der Waals surface area (Å²) in [6.45, 7) is 0.106. The fraction of sp³-hybridized carbons (Fsp3) is 0.316. The molecule has 3 aromatic rings. The number of sulfonamides is 1. The molecule has 8 nitrogen and oxygen atoms in total. The van der Waals surface area contributed by atoms with Crippen molar-refractivity contribution in [1.82, 2.24) is 13.4 Å². The lowest BCUT2D eigenvalue weighted by Gasteiger charge is -2.20. The predicted molar refractivity (Wildman–Crippen MR) is 106 cm³/mol. The standard InChI is InChI=1S/C19H23N3O5S/c1-20(12-13-7-6-8-17(26-4)18(13)27-5)28(24,25)14-9-10-15-16(11-14)22(3)19(23)21(15)2/h6-11H,12H2,1-5H3. The van der Waals surface area contributed by atoms with Gasteiger partial charge in [0.1, 0.15) is 0 Å². The Balaban J connectivity index is 2.00. The van der Waals surface area contributed by atoms with Crippen molar-refractivity contribution < 1.29 is 17.9 Å². The Morgan fingerprint density at radius 1 is 1.00 bits per heavy atom. The maximum Gasteiger partial charge on any atom is 0.328 e. The van der Waals surface area contributed by atoms with Gasteiger partial charge in [0.2, 0.25) is 10.0 Å². The molecule has 9 heteroatoms. The summed E-state index contributed by atoms with van der Waals surface area (Å²) < 4.78 is 41.0. The Bertz CT molecular complexity index is 1190. The molecule has 150 valence electrons. The Morgan fingerprint density at radius 2 is 1.68 bits per heavy atom. The largest absolute Gasteiger partial charge is 0.493 e. The molecular formula is C19H23N3O5S. The molecule has 0 aliphatic carbocycles. The Hall–Kier alpha value is -2.78. The highest BCUT2D eigenvalue weighted by atomic mass is 32.2. The van der Waals surface area contributed by atoms with E-state index in [9.17, 15) is 13.2 Å². The van der Waals surface area contributed by atoms with Gasteiger partial charge < -0.3 is 9.47 Å². The molecule has 0 bridgehead atoms. The van der Waals surface area contributed by atoms with Crippen molar-refractivity contribution >= 4 is 21.1 Å². The van der Waals surface area contributed by atoms with Gasteiger partial charge in [-0.25, -0.2) is 13.2 Å². The lowest BCUT2D eigenvalue weighted by atomic mass is 10.2. The molecule has 0 aliphatic heterocycles.